The molecule has 1 atom stereocenters. The van der Waals surface area contributed by atoms with E-state index in [0.29, 0.717) is 35.3 Å². The smallest absolute Gasteiger partial charge is 0.245 e. The largest absolute Gasteiger partial charge is 0.337 e. The van der Waals surface area contributed by atoms with E-state index in [2.05, 4.69) is 15.1 Å². The second-order valence-corrected chi connectivity index (χ2v) is 8.25. The first kappa shape index (κ1) is 17.1. The fraction of sp³-hybridized carbons (Fsp3) is 0.235. The molecule has 3 aromatic rings. The highest BCUT2D eigenvalue weighted by molar-refractivity contribution is 7.89. The van der Waals surface area contributed by atoms with E-state index in [-0.39, 0.29) is 4.90 Å². The molecule has 1 aliphatic heterocycles. The lowest BCUT2D eigenvalue weighted by Gasteiger charge is -2.21. The van der Waals surface area contributed by atoms with Crippen molar-refractivity contribution in [3.05, 3.63) is 59.7 Å². The Kier molecular flexibility index (Phi) is 4.47. The topological polar surface area (TPSA) is 89.2 Å². The normalized spacial score (nSPS) is 18.3. The minimum Gasteiger partial charge on any atom is -0.337 e. The van der Waals surface area contributed by atoms with Gasteiger partial charge in [0.25, 0.3) is 0 Å². The van der Waals surface area contributed by atoms with Crippen LogP contribution in [-0.2, 0) is 10.0 Å². The summed E-state index contributed by atoms with van der Waals surface area (Å²) in [5.74, 6) is 0.683. The third-order valence-corrected chi connectivity index (χ3v) is 6.44. The molecule has 0 bridgehead atoms. The third-order valence-electron chi connectivity index (χ3n) is 4.27. The maximum absolute atomic E-state index is 13.0. The zero-order valence-electron chi connectivity index (χ0n) is 13.6. The Morgan fingerprint density at radius 3 is 2.73 bits per heavy atom. The molecule has 134 valence electrons. The van der Waals surface area contributed by atoms with E-state index in [1.54, 1.807) is 30.6 Å². The number of aromatic nitrogens is 3. The van der Waals surface area contributed by atoms with E-state index in [9.17, 15) is 8.42 Å². The molecule has 1 aromatic carbocycles. The highest BCUT2D eigenvalue weighted by atomic mass is 35.5. The highest BCUT2D eigenvalue weighted by Gasteiger charge is 2.39. The number of hydrogen-bond acceptors (Lipinski definition) is 6. The molecular formula is C17H15ClN4O3S. The van der Waals surface area contributed by atoms with Crippen LogP contribution >= 0.6 is 11.6 Å². The standard InChI is InChI=1S/C17H15ClN4O3S/c18-13-5-7-14(8-6-13)26(23,24)22-10-2-4-15(22)17-20-16(21-25-17)12-3-1-9-19-11-12/h1,3,5-9,11,15H,2,4,10H2/t15-/m1/s1. The van der Waals surface area contributed by atoms with Crippen molar-refractivity contribution in [2.24, 2.45) is 0 Å². The maximum Gasteiger partial charge on any atom is 0.245 e. The van der Waals surface area contributed by atoms with Crippen molar-refractivity contribution in [1.29, 1.82) is 0 Å². The van der Waals surface area contributed by atoms with Crippen LogP contribution in [0.4, 0.5) is 0 Å². The van der Waals surface area contributed by atoms with Gasteiger partial charge in [0, 0.05) is 29.5 Å². The zero-order chi connectivity index (χ0) is 18.1. The first-order valence-electron chi connectivity index (χ1n) is 8.07. The molecule has 0 N–H and O–H groups in total. The molecular weight excluding hydrogens is 376 g/mol. The van der Waals surface area contributed by atoms with Gasteiger partial charge in [-0.2, -0.15) is 9.29 Å². The quantitative estimate of drug-likeness (QED) is 0.678. The molecule has 1 aliphatic rings. The summed E-state index contributed by atoms with van der Waals surface area (Å²) in [5.41, 5.74) is 0.715. The van der Waals surface area contributed by atoms with Crippen LogP contribution in [0.5, 0.6) is 0 Å². The molecule has 0 amide bonds. The Morgan fingerprint density at radius 1 is 1.19 bits per heavy atom. The summed E-state index contributed by atoms with van der Waals surface area (Å²) in [6, 6.07) is 9.24. The molecule has 2 aromatic heterocycles. The van der Waals surface area contributed by atoms with Crippen LogP contribution in [0.1, 0.15) is 24.8 Å². The predicted molar refractivity (Wildman–Crippen MR) is 94.8 cm³/mol. The monoisotopic (exact) mass is 390 g/mol. The highest BCUT2D eigenvalue weighted by Crippen LogP contribution is 2.36. The number of rotatable bonds is 4. The fourth-order valence-corrected chi connectivity index (χ4v) is 4.78. The number of halogens is 1. The Labute approximate surface area is 155 Å². The molecule has 0 saturated carbocycles. The summed E-state index contributed by atoms with van der Waals surface area (Å²) in [7, 11) is -3.67. The lowest BCUT2D eigenvalue weighted by atomic mass is 10.2. The second-order valence-electron chi connectivity index (χ2n) is 5.93. The molecule has 3 heterocycles. The van der Waals surface area contributed by atoms with Gasteiger partial charge >= 0.3 is 0 Å². The lowest BCUT2D eigenvalue weighted by molar-refractivity contribution is 0.290. The van der Waals surface area contributed by atoms with E-state index >= 15 is 0 Å². The van der Waals surface area contributed by atoms with Crippen molar-refractivity contribution in [3.63, 3.8) is 0 Å². The first-order chi connectivity index (χ1) is 12.6. The average Bonchev–Trinajstić information content (AvgIpc) is 3.32. The van der Waals surface area contributed by atoms with Crippen LogP contribution in [0.2, 0.25) is 5.02 Å². The van der Waals surface area contributed by atoms with Gasteiger partial charge in [-0.05, 0) is 49.2 Å². The number of nitrogens with zero attached hydrogens (tertiary/aromatic N) is 4. The summed E-state index contributed by atoms with van der Waals surface area (Å²) in [6.07, 6.45) is 4.64. The summed E-state index contributed by atoms with van der Waals surface area (Å²) in [4.78, 5) is 8.61. The zero-order valence-corrected chi connectivity index (χ0v) is 15.2. The van der Waals surface area contributed by atoms with Gasteiger partial charge in [-0.15, -0.1) is 0 Å². The minimum atomic E-state index is -3.67. The van der Waals surface area contributed by atoms with Crippen molar-refractivity contribution < 1.29 is 12.9 Å². The van der Waals surface area contributed by atoms with Gasteiger partial charge in [-0.3, -0.25) is 4.98 Å². The fourth-order valence-electron chi connectivity index (χ4n) is 3.00. The average molecular weight is 391 g/mol. The molecule has 1 fully saturated rings. The Hall–Kier alpha value is -2.29. The van der Waals surface area contributed by atoms with Crippen LogP contribution in [0.25, 0.3) is 11.4 Å². The molecule has 0 radical (unpaired) electrons. The molecule has 1 saturated heterocycles. The van der Waals surface area contributed by atoms with Crippen LogP contribution in [0.15, 0.2) is 58.2 Å². The van der Waals surface area contributed by atoms with Crippen LogP contribution in [0, 0.1) is 0 Å². The van der Waals surface area contributed by atoms with Gasteiger partial charge in [-0.25, -0.2) is 8.42 Å². The second kappa shape index (κ2) is 6.79. The summed E-state index contributed by atoms with van der Waals surface area (Å²) >= 11 is 5.86. The summed E-state index contributed by atoms with van der Waals surface area (Å²) in [6.45, 7) is 0.403. The number of pyridine rings is 1. The van der Waals surface area contributed by atoms with Gasteiger partial charge in [0.05, 0.1) is 4.90 Å². The minimum absolute atomic E-state index is 0.195. The summed E-state index contributed by atoms with van der Waals surface area (Å²) in [5, 5.41) is 4.45. The predicted octanol–water partition coefficient (Wildman–Crippen LogP) is 3.31. The van der Waals surface area contributed by atoms with Crippen LogP contribution < -0.4 is 0 Å². The van der Waals surface area contributed by atoms with E-state index in [4.69, 9.17) is 16.1 Å². The number of hydrogen-bond donors (Lipinski definition) is 0. The maximum atomic E-state index is 13.0. The molecule has 0 unspecified atom stereocenters. The van der Waals surface area contributed by atoms with E-state index < -0.39 is 16.1 Å². The SMILES string of the molecule is O=S(=O)(c1ccc(Cl)cc1)N1CCC[C@@H]1c1nc(-c2cccnc2)no1. The Bertz CT molecular complexity index is 1010. The first-order valence-corrected chi connectivity index (χ1v) is 9.89. The molecule has 9 heteroatoms. The van der Waals surface area contributed by atoms with Crippen molar-refractivity contribution in [2.45, 2.75) is 23.8 Å². The molecule has 26 heavy (non-hydrogen) atoms. The van der Waals surface area contributed by atoms with Crippen molar-refractivity contribution in [1.82, 2.24) is 19.4 Å². The van der Waals surface area contributed by atoms with Gasteiger partial charge in [0.2, 0.25) is 21.7 Å². The van der Waals surface area contributed by atoms with Crippen LogP contribution in [0.3, 0.4) is 0 Å². The van der Waals surface area contributed by atoms with E-state index in [1.165, 1.54) is 16.4 Å². The van der Waals surface area contributed by atoms with Gasteiger partial charge in [0.15, 0.2) is 0 Å². The van der Waals surface area contributed by atoms with Crippen molar-refractivity contribution in [3.8, 4) is 11.4 Å². The molecule has 7 nitrogen and oxygen atoms in total. The number of benzene rings is 1. The number of sulfonamides is 1. The van der Waals surface area contributed by atoms with Gasteiger partial charge in [0.1, 0.15) is 6.04 Å². The molecule has 0 spiro atoms. The summed E-state index contributed by atoms with van der Waals surface area (Å²) < 4.78 is 32.8. The van der Waals surface area contributed by atoms with Gasteiger partial charge in [-0.1, -0.05) is 16.8 Å². The van der Waals surface area contributed by atoms with E-state index in [0.717, 1.165) is 6.42 Å². The van der Waals surface area contributed by atoms with Crippen molar-refractivity contribution >= 4 is 21.6 Å². The Morgan fingerprint density at radius 2 is 2.00 bits per heavy atom. The van der Waals surface area contributed by atoms with Crippen LogP contribution in [-0.4, -0.2) is 34.4 Å². The van der Waals surface area contributed by atoms with Crippen molar-refractivity contribution in [2.75, 3.05) is 6.54 Å². The van der Waals surface area contributed by atoms with Gasteiger partial charge < -0.3 is 4.52 Å². The third kappa shape index (κ3) is 3.11. The lowest BCUT2D eigenvalue weighted by Crippen LogP contribution is -2.30. The Balaban J connectivity index is 1.65. The molecule has 4 rings (SSSR count). The van der Waals surface area contributed by atoms with E-state index in [1.807, 2.05) is 6.07 Å². The molecule has 0 aliphatic carbocycles.